The topological polar surface area (TPSA) is 91.1 Å². The van der Waals surface area contributed by atoms with E-state index in [0.29, 0.717) is 13.0 Å². The molecule has 0 fully saturated rings. The monoisotopic (exact) mass is 436 g/mol. The van der Waals surface area contributed by atoms with Crippen molar-refractivity contribution >= 4 is 17.9 Å². The number of nitrogen functional groups attached to an aromatic ring is 1. The van der Waals surface area contributed by atoms with E-state index in [-0.39, 0.29) is 6.54 Å². The summed E-state index contributed by atoms with van der Waals surface area (Å²) < 4.78 is 16.4. The molecule has 0 unspecified atom stereocenters. The molecule has 1 aromatic carbocycles. The summed E-state index contributed by atoms with van der Waals surface area (Å²) in [5.41, 5.74) is 5.03. The van der Waals surface area contributed by atoms with Crippen LogP contribution in [-0.2, 0) is 9.47 Å². The van der Waals surface area contributed by atoms with Gasteiger partial charge in [0.15, 0.2) is 0 Å². The second kappa shape index (κ2) is 12.4. The van der Waals surface area contributed by atoms with E-state index in [0.717, 1.165) is 48.4 Å². The third kappa shape index (κ3) is 12.8. The predicted molar refractivity (Wildman–Crippen MR) is 123 cm³/mol. The number of carbonyl (C=O) groups is 2. The molecule has 7 heteroatoms. The van der Waals surface area contributed by atoms with Gasteiger partial charge < -0.3 is 19.9 Å². The van der Waals surface area contributed by atoms with E-state index < -0.39 is 23.4 Å². The molecule has 2 amide bonds. The van der Waals surface area contributed by atoms with Gasteiger partial charge in [-0.25, -0.2) is 14.5 Å². The third-order valence-electron chi connectivity index (χ3n) is 4.15. The predicted octanol–water partition coefficient (Wildman–Crippen LogP) is 6.16. The maximum absolute atomic E-state index is 12.4. The summed E-state index contributed by atoms with van der Waals surface area (Å²) in [6.45, 7) is 11.6. The number of nitrogens with zero attached hydrogens (tertiary/aromatic N) is 1. The van der Waals surface area contributed by atoms with Gasteiger partial charge in [-0.2, -0.15) is 0 Å². The number of benzene rings is 1. The van der Waals surface area contributed by atoms with Crippen molar-refractivity contribution in [2.45, 2.75) is 91.3 Å². The van der Waals surface area contributed by atoms with Crippen molar-refractivity contribution in [1.29, 1.82) is 0 Å². The number of carbonyl (C=O) groups excluding carboxylic acids is 2. The summed E-state index contributed by atoms with van der Waals surface area (Å²) in [4.78, 5) is 26.0. The van der Waals surface area contributed by atoms with Gasteiger partial charge in [0.1, 0.15) is 17.0 Å². The fourth-order valence-corrected chi connectivity index (χ4v) is 2.72. The smallest absolute Gasteiger partial charge is 0.419 e. The minimum atomic E-state index is -0.675. The van der Waals surface area contributed by atoms with Crippen LogP contribution in [0.1, 0.15) is 80.1 Å². The van der Waals surface area contributed by atoms with E-state index in [9.17, 15) is 9.59 Å². The van der Waals surface area contributed by atoms with Crippen LogP contribution in [0.4, 0.5) is 15.3 Å². The lowest BCUT2D eigenvalue weighted by molar-refractivity contribution is 0.00118. The Morgan fingerprint density at radius 1 is 0.774 bits per heavy atom. The molecular formula is C24H40N2O5. The zero-order chi connectivity index (χ0) is 23.5. The van der Waals surface area contributed by atoms with Crippen LogP contribution in [-0.4, -0.2) is 41.4 Å². The highest BCUT2D eigenvalue weighted by atomic mass is 16.6. The summed E-state index contributed by atoms with van der Waals surface area (Å²) in [5, 5.41) is 0. The third-order valence-corrected chi connectivity index (χ3v) is 4.15. The molecule has 176 valence electrons. The largest absolute Gasteiger partial charge is 0.494 e. The van der Waals surface area contributed by atoms with Crippen LogP contribution in [0.25, 0.3) is 0 Å². The quantitative estimate of drug-likeness (QED) is 0.349. The van der Waals surface area contributed by atoms with Crippen LogP contribution >= 0.6 is 0 Å². The Hall–Kier alpha value is -2.44. The summed E-state index contributed by atoms with van der Waals surface area (Å²) >= 11 is 0. The molecule has 31 heavy (non-hydrogen) atoms. The zero-order valence-corrected chi connectivity index (χ0v) is 20.0. The molecule has 0 aliphatic rings. The molecule has 0 saturated carbocycles. The fraction of sp³-hybridized carbons (Fsp3) is 0.667. The number of amides is 2. The Morgan fingerprint density at radius 2 is 1.23 bits per heavy atom. The highest BCUT2D eigenvalue weighted by Gasteiger charge is 2.30. The number of hydrogen-bond acceptors (Lipinski definition) is 6. The highest BCUT2D eigenvalue weighted by Crippen LogP contribution is 2.17. The number of rotatable bonds is 10. The molecule has 0 aromatic heterocycles. The van der Waals surface area contributed by atoms with Gasteiger partial charge in [-0.05, 0) is 78.6 Å². The summed E-state index contributed by atoms with van der Waals surface area (Å²) in [5.74, 6) is 0.832. The molecule has 0 saturated heterocycles. The van der Waals surface area contributed by atoms with Gasteiger partial charge >= 0.3 is 12.2 Å². The SMILES string of the molecule is CC(C)(C)OC(=O)N(CCCCCCCCOc1ccc(N)cc1)C(=O)OC(C)(C)C. The van der Waals surface area contributed by atoms with Gasteiger partial charge in [-0.15, -0.1) is 0 Å². The van der Waals surface area contributed by atoms with Crippen LogP contribution in [0.2, 0.25) is 0 Å². The van der Waals surface area contributed by atoms with Crippen LogP contribution in [0.5, 0.6) is 5.75 Å². The van der Waals surface area contributed by atoms with Gasteiger partial charge in [0.25, 0.3) is 0 Å². The van der Waals surface area contributed by atoms with E-state index in [1.54, 1.807) is 41.5 Å². The number of imide groups is 1. The van der Waals surface area contributed by atoms with Crippen LogP contribution < -0.4 is 10.5 Å². The average molecular weight is 437 g/mol. The minimum Gasteiger partial charge on any atom is -0.494 e. The van der Waals surface area contributed by atoms with Crippen molar-refractivity contribution in [2.75, 3.05) is 18.9 Å². The highest BCUT2D eigenvalue weighted by molar-refractivity contribution is 5.88. The number of anilines is 1. The van der Waals surface area contributed by atoms with Gasteiger partial charge in [-0.3, -0.25) is 0 Å². The van der Waals surface area contributed by atoms with Gasteiger partial charge in [0.05, 0.1) is 6.61 Å². The molecule has 0 atom stereocenters. The molecule has 0 spiro atoms. The Labute approximate surface area is 187 Å². The minimum absolute atomic E-state index is 0.282. The van der Waals surface area contributed by atoms with Gasteiger partial charge in [0.2, 0.25) is 0 Å². The molecule has 0 bridgehead atoms. The maximum atomic E-state index is 12.4. The van der Waals surface area contributed by atoms with E-state index in [2.05, 4.69) is 0 Å². The van der Waals surface area contributed by atoms with Crippen molar-refractivity contribution in [3.05, 3.63) is 24.3 Å². The lowest BCUT2D eigenvalue weighted by Crippen LogP contribution is -2.44. The standard InChI is InChI=1S/C24H40N2O5/c1-23(2,3)30-21(27)26(22(28)31-24(4,5)6)17-11-9-7-8-10-12-18-29-20-15-13-19(25)14-16-20/h13-16H,7-12,17-18,25H2,1-6H3. The van der Waals surface area contributed by atoms with Crippen molar-refractivity contribution in [3.8, 4) is 5.75 Å². The molecule has 2 N–H and O–H groups in total. The number of nitrogens with two attached hydrogens (primary N) is 1. The number of hydrogen-bond donors (Lipinski definition) is 1. The lowest BCUT2D eigenvalue weighted by atomic mass is 10.1. The molecular weight excluding hydrogens is 396 g/mol. The van der Waals surface area contributed by atoms with E-state index in [4.69, 9.17) is 19.9 Å². The second-order valence-electron chi connectivity index (χ2n) is 9.65. The molecule has 0 heterocycles. The first-order valence-corrected chi connectivity index (χ1v) is 11.1. The van der Waals surface area contributed by atoms with Crippen molar-refractivity contribution in [1.82, 2.24) is 4.90 Å². The Kier molecular flexibility index (Phi) is 10.7. The molecule has 0 aliphatic carbocycles. The summed E-state index contributed by atoms with van der Waals surface area (Å²) in [7, 11) is 0. The lowest BCUT2D eigenvalue weighted by Gasteiger charge is -2.28. The fourth-order valence-electron chi connectivity index (χ4n) is 2.72. The van der Waals surface area contributed by atoms with Crippen LogP contribution in [0.3, 0.4) is 0 Å². The van der Waals surface area contributed by atoms with E-state index >= 15 is 0 Å². The Bertz CT molecular complexity index is 647. The summed E-state index contributed by atoms with van der Waals surface area (Å²) in [6.07, 6.45) is 4.44. The number of ether oxygens (including phenoxy) is 3. The van der Waals surface area contributed by atoms with E-state index in [1.807, 2.05) is 24.3 Å². The first-order valence-electron chi connectivity index (χ1n) is 11.1. The van der Waals surface area contributed by atoms with Gasteiger partial charge in [-0.1, -0.05) is 25.7 Å². The van der Waals surface area contributed by atoms with Crippen LogP contribution in [0.15, 0.2) is 24.3 Å². The molecule has 1 rings (SSSR count). The molecule has 1 aromatic rings. The Morgan fingerprint density at radius 3 is 1.71 bits per heavy atom. The molecule has 7 nitrogen and oxygen atoms in total. The van der Waals surface area contributed by atoms with Crippen molar-refractivity contribution in [2.24, 2.45) is 0 Å². The van der Waals surface area contributed by atoms with Crippen LogP contribution in [0, 0.1) is 0 Å². The van der Waals surface area contributed by atoms with Crippen molar-refractivity contribution < 1.29 is 23.8 Å². The average Bonchev–Trinajstić information content (AvgIpc) is 2.61. The normalized spacial score (nSPS) is 11.7. The number of unbranched alkanes of at least 4 members (excludes halogenated alkanes) is 5. The van der Waals surface area contributed by atoms with Gasteiger partial charge in [0, 0.05) is 12.2 Å². The summed E-state index contributed by atoms with van der Waals surface area (Å²) in [6, 6.07) is 7.40. The van der Waals surface area contributed by atoms with Crippen molar-refractivity contribution in [3.63, 3.8) is 0 Å². The first kappa shape index (κ1) is 26.6. The Balaban J connectivity index is 2.29. The molecule has 0 radical (unpaired) electrons. The zero-order valence-electron chi connectivity index (χ0n) is 20.0. The first-order chi connectivity index (χ1) is 14.4. The second-order valence-corrected chi connectivity index (χ2v) is 9.65. The van der Waals surface area contributed by atoms with E-state index in [1.165, 1.54) is 0 Å². The maximum Gasteiger partial charge on any atom is 0.419 e. The molecule has 0 aliphatic heterocycles.